The SMILES string of the molecule is O=C(/C=C/c1cccc([N+](=O)[O-])c1)NC(=S)N1CCOCC1. The van der Waals surface area contributed by atoms with Crippen molar-refractivity contribution in [3.05, 3.63) is 46.0 Å². The Morgan fingerprint density at radius 1 is 1.41 bits per heavy atom. The maximum Gasteiger partial charge on any atom is 0.270 e. The van der Waals surface area contributed by atoms with Crippen LogP contribution in [-0.4, -0.2) is 47.1 Å². The first-order valence-electron chi connectivity index (χ1n) is 6.66. The molecular formula is C14H15N3O4S. The van der Waals surface area contributed by atoms with E-state index in [2.05, 4.69) is 5.32 Å². The van der Waals surface area contributed by atoms with Crippen LogP contribution in [0.2, 0.25) is 0 Å². The summed E-state index contributed by atoms with van der Waals surface area (Å²) in [5.74, 6) is -0.372. The monoisotopic (exact) mass is 321 g/mol. The summed E-state index contributed by atoms with van der Waals surface area (Å²) in [6.07, 6.45) is 2.80. The van der Waals surface area contributed by atoms with Gasteiger partial charge >= 0.3 is 0 Å². The molecule has 22 heavy (non-hydrogen) atoms. The molecule has 7 nitrogen and oxygen atoms in total. The van der Waals surface area contributed by atoms with Crippen LogP contribution in [0.25, 0.3) is 6.08 Å². The summed E-state index contributed by atoms with van der Waals surface area (Å²) in [5, 5.41) is 13.6. The summed E-state index contributed by atoms with van der Waals surface area (Å²) in [6.45, 7) is 2.46. The second-order valence-corrected chi connectivity index (χ2v) is 4.97. The van der Waals surface area contributed by atoms with Crippen LogP contribution in [0, 0.1) is 10.1 Å². The van der Waals surface area contributed by atoms with Gasteiger partial charge in [-0.2, -0.15) is 0 Å². The average Bonchev–Trinajstić information content (AvgIpc) is 2.54. The quantitative estimate of drug-likeness (QED) is 0.391. The molecule has 1 fully saturated rings. The number of non-ortho nitro benzene ring substituents is 1. The fraction of sp³-hybridized carbons (Fsp3) is 0.286. The molecule has 1 N–H and O–H groups in total. The molecule has 0 radical (unpaired) electrons. The number of amides is 1. The molecule has 1 aliphatic rings. The van der Waals surface area contributed by atoms with E-state index in [-0.39, 0.29) is 11.6 Å². The summed E-state index contributed by atoms with van der Waals surface area (Å²) >= 11 is 5.15. The van der Waals surface area contributed by atoms with Gasteiger partial charge in [-0.05, 0) is 23.9 Å². The van der Waals surface area contributed by atoms with E-state index in [1.807, 2.05) is 4.90 Å². The highest BCUT2D eigenvalue weighted by atomic mass is 32.1. The second kappa shape index (κ2) is 7.62. The maximum absolute atomic E-state index is 11.8. The van der Waals surface area contributed by atoms with Crippen LogP contribution in [-0.2, 0) is 9.53 Å². The predicted octanol–water partition coefficient (Wildman–Crippen LogP) is 1.34. The molecule has 1 amide bonds. The third kappa shape index (κ3) is 4.61. The van der Waals surface area contributed by atoms with Gasteiger partial charge in [0.2, 0.25) is 5.91 Å². The van der Waals surface area contributed by atoms with Gasteiger partial charge in [-0.25, -0.2) is 0 Å². The van der Waals surface area contributed by atoms with Crippen LogP contribution in [0.3, 0.4) is 0 Å². The summed E-state index contributed by atoms with van der Waals surface area (Å²) in [6, 6.07) is 6.03. The minimum absolute atomic E-state index is 0.0219. The van der Waals surface area contributed by atoms with E-state index >= 15 is 0 Å². The molecule has 1 aromatic carbocycles. The molecule has 1 heterocycles. The van der Waals surface area contributed by atoms with Crippen molar-refractivity contribution in [1.29, 1.82) is 0 Å². The number of thiocarbonyl (C=S) groups is 1. The van der Waals surface area contributed by atoms with Crippen LogP contribution in [0.5, 0.6) is 0 Å². The van der Waals surface area contributed by atoms with Crippen molar-refractivity contribution in [3.8, 4) is 0 Å². The zero-order valence-corrected chi connectivity index (χ0v) is 12.5. The van der Waals surface area contributed by atoms with Crippen molar-refractivity contribution in [3.63, 3.8) is 0 Å². The van der Waals surface area contributed by atoms with Crippen LogP contribution in [0.15, 0.2) is 30.3 Å². The zero-order valence-electron chi connectivity index (χ0n) is 11.7. The molecule has 1 saturated heterocycles. The number of carbonyl (C=O) groups excluding carboxylic acids is 1. The fourth-order valence-corrected chi connectivity index (χ4v) is 2.19. The Morgan fingerprint density at radius 3 is 2.82 bits per heavy atom. The van der Waals surface area contributed by atoms with Gasteiger partial charge in [0.1, 0.15) is 0 Å². The van der Waals surface area contributed by atoms with E-state index in [1.54, 1.807) is 12.1 Å². The maximum atomic E-state index is 11.8. The van der Waals surface area contributed by atoms with Gasteiger partial charge in [-0.15, -0.1) is 0 Å². The Kier molecular flexibility index (Phi) is 5.56. The number of benzene rings is 1. The molecule has 2 rings (SSSR count). The average molecular weight is 321 g/mol. The molecule has 0 aromatic heterocycles. The number of ether oxygens (including phenoxy) is 1. The summed E-state index contributed by atoms with van der Waals surface area (Å²) in [4.78, 5) is 23.9. The van der Waals surface area contributed by atoms with Gasteiger partial charge in [0, 0.05) is 31.3 Å². The Balaban J connectivity index is 1.92. The van der Waals surface area contributed by atoms with Crippen molar-refractivity contribution in [2.24, 2.45) is 0 Å². The highest BCUT2D eigenvalue weighted by Crippen LogP contribution is 2.14. The largest absolute Gasteiger partial charge is 0.378 e. The lowest BCUT2D eigenvalue weighted by Crippen LogP contribution is -2.47. The molecule has 8 heteroatoms. The van der Waals surface area contributed by atoms with E-state index in [1.165, 1.54) is 24.3 Å². The lowest BCUT2D eigenvalue weighted by molar-refractivity contribution is -0.384. The predicted molar refractivity (Wildman–Crippen MR) is 85.3 cm³/mol. The van der Waals surface area contributed by atoms with Crippen molar-refractivity contribution in [2.45, 2.75) is 0 Å². The molecule has 116 valence electrons. The fourth-order valence-electron chi connectivity index (χ4n) is 1.91. The Morgan fingerprint density at radius 2 is 2.14 bits per heavy atom. The van der Waals surface area contributed by atoms with Crippen molar-refractivity contribution >= 4 is 35.0 Å². The Hall–Kier alpha value is -2.32. The van der Waals surface area contributed by atoms with E-state index in [0.717, 1.165) is 0 Å². The minimum Gasteiger partial charge on any atom is -0.378 e. The zero-order chi connectivity index (χ0) is 15.9. The topological polar surface area (TPSA) is 84.7 Å². The third-order valence-corrected chi connectivity index (χ3v) is 3.40. The number of nitrogens with zero attached hydrogens (tertiary/aromatic N) is 2. The van der Waals surface area contributed by atoms with Gasteiger partial charge in [0.25, 0.3) is 5.69 Å². The number of nitro groups is 1. The molecule has 0 atom stereocenters. The number of nitrogens with one attached hydrogen (secondary N) is 1. The molecule has 0 unspecified atom stereocenters. The second-order valence-electron chi connectivity index (χ2n) is 4.58. The van der Waals surface area contributed by atoms with Gasteiger partial charge in [-0.3, -0.25) is 20.2 Å². The molecule has 0 spiro atoms. The molecule has 1 aliphatic heterocycles. The van der Waals surface area contributed by atoms with Crippen LogP contribution in [0.1, 0.15) is 5.56 Å². The molecule has 0 saturated carbocycles. The first-order chi connectivity index (χ1) is 10.6. The van der Waals surface area contributed by atoms with Crippen LogP contribution >= 0.6 is 12.2 Å². The number of carbonyl (C=O) groups is 1. The summed E-state index contributed by atoms with van der Waals surface area (Å²) < 4.78 is 5.21. The molecule has 0 bridgehead atoms. The van der Waals surface area contributed by atoms with Gasteiger partial charge < -0.3 is 9.64 Å². The standard InChI is InChI=1S/C14H15N3O4S/c18-13(15-14(22)16-6-8-21-9-7-16)5-4-11-2-1-3-12(10-11)17(19)20/h1-5,10H,6-9H2,(H,15,18,22)/b5-4+. The smallest absolute Gasteiger partial charge is 0.270 e. The molecular weight excluding hydrogens is 306 g/mol. The first kappa shape index (κ1) is 16.1. The normalized spacial score (nSPS) is 14.8. The van der Waals surface area contributed by atoms with Crippen LogP contribution < -0.4 is 5.32 Å². The number of hydrogen-bond donors (Lipinski definition) is 1. The van der Waals surface area contributed by atoms with E-state index < -0.39 is 4.92 Å². The lowest BCUT2D eigenvalue weighted by atomic mass is 10.2. The van der Waals surface area contributed by atoms with Gasteiger partial charge in [0.15, 0.2) is 5.11 Å². The highest BCUT2D eigenvalue weighted by molar-refractivity contribution is 7.80. The Labute approximate surface area is 132 Å². The summed E-state index contributed by atoms with van der Waals surface area (Å²) in [7, 11) is 0. The number of hydrogen-bond acceptors (Lipinski definition) is 5. The Bertz CT molecular complexity index is 612. The highest BCUT2D eigenvalue weighted by Gasteiger charge is 2.14. The third-order valence-electron chi connectivity index (χ3n) is 3.04. The number of morpholine rings is 1. The minimum atomic E-state index is -0.481. The number of rotatable bonds is 3. The summed E-state index contributed by atoms with van der Waals surface area (Å²) in [5.41, 5.74) is 0.549. The van der Waals surface area contributed by atoms with Crippen molar-refractivity contribution in [2.75, 3.05) is 26.3 Å². The van der Waals surface area contributed by atoms with Gasteiger partial charge in [0.05, 0.1) is 18.1 Å². The number of nitro benzene ring substituents is 1. The molecule has 0 aliphatic carbocycles. The van der Waals surface area contributed by atoms with Crippen molar-refractivity contribution in [1.82, 2.24) is 10.2 Å². The van der Waals surface area contributed by atoms with Crippen LogP contribution in [0.4, 0.5) is 5.69 Å². The van der Waals surface area contributed by atoms with Crippen molar-refractivity contribution < 1.29 is 14.5 Å². The van der Waals surface area contributed by atoms with E-state index in [9.17, 15) is 14.9 Å². The lowest BCUT2D eigenvalue weighted by Gasteiger charge is -2.28. The van der Waals surface area contributed by atoms with E-state index in [4.69, 9.17) is 17.0 Å². The molecule has 1 aromatic rings. The van der Waals surface area contributed by atoms with Gasteiger partial charge in [-0.1, -0.05) is 12.1 Å². The first-order valence-corrected chi connectivity index (χ1v) is 7.07. The van der Waals surface area contributed by atoms with E-state index in [0.29, 0.717) is 37.0 Å².